The minimum Gasteiger partial charge on any atom is -0.383 e. The molecule has 6 heteroatoms. The van der Waals surface area contributed by atoms with Crippen LogP contribution >= 0.6 is 0 Å². The van der Waals surface area contributed by atoms with Crippen LogP contribution in [0.1, 0.15) is 17.0 Å². The molecule has 1 aromatic carbocycles. The number of H-pyrrole nitrogens is 1. The van der Waals surface area contributed by atoms with Crippen LogP contribution in [0.15, 0.2) is 35.1 Å². The molecule has 0 amide bonds. The minimum atomic E-state index is -0.0664. The minimum absolute atomic E-state index is 0.0664. The number of anilines is 1. The molecule has 2 aromatic heterocycles. The first kappa shape index (κ1) is 16.3. The third-order valence-electron chi connectivity index (χ3n) is 4.17. The summed E-state index contributed by atoms with van der Waals surface area (Å²) >= 11 is 0. The van der Waals surface area contributed by atoms with E-state index in [1.807, 2.05) is 48.9 Å². The van der Waals surface area contributed by atoms with Crippen LogP contribution in [-0.2, 0) is 17.8 Å². The first-order valence-corrected chi connectivity index (χ1v) is 7.98. The number of aromatic nitrogens is 3. The van der Waals surface area contributed by atoms with Crippen molar-refractivity contribution in [2.24, 2.45) is 0 Å². The standard InChI is InChI=1S/C18H22N4O2/c1-12-17(13(2)22(21-12)8-9-24-3)19-11-15-10-14-6-4-5-7-16(14)20-18(15)23/h4-7,10,19H,8-9,11H2,1-3H3,(H,20,23). The summed E-state index contributed by atoms with van der Waals surface area (Å²) in [7, 11) is 1.68. The summed E-state index contributed by atoms with van der Waals surface area (Å²) in [6, 6.07) is 9.71. The van der Waals surface area contributed by atoms with E-state index in [2.05, 4.69) is 15.4 Å². The van der Waals surface area contributed by atoms with E-state index in [-0.39, 0.29) is 5.56 Å². The fraction of sp³-hybridized carbons (Fsp3) is 0.333. The monoisotopic (exact) mass is 326 g/mol. The third kappa shape index (κ3) is 3.19. The SMILES string of the molecule is COCCn1nc(C)c(NCc2cc3ccccc3[nH]c2=O)c1C. The molecule has 6 nitrogen and oxygen atoms in total. The Morgan fingerprint density at radius 1 is 1.29 bits per heavy atom. The third-order valence-corrected chi connectivity index (χ3v) is 4.17. The number of aryl methyl sites for hydroxylation is 1. The molecular weight excluding hydrogens is 304 g/mol. The Morgan fingerprint density at radius 3 is 2.88 bits per heavy atom. The van der Waals surface area contributed by atoms with Gasteiger partial charge in [0.05, 0.1) is 30.2 Å². The van der Waals surface area contributed by atoms with Crippen molar-refractivity contribution in [2.45, 2.75) is 26.9 Å². The Morgan fingerprint density at radius 2 is 2.08 bits per heavy atom. The molecule has 24 heavy (non-hydrogen) atoms. The molecule has 0 fully saturated rings. The van der Waals surface area contributed by atoms with Gasteiger partial charge in [-0.15, -0.1) is 0 Å². The van der Waals surface area contributed by atoms with E-state index in [1.54, 1.807) is 7.11 Å². The highest BCUT2D eigenvalue weighted by molar-refractivity contribution is 5.78. The van der Waals surface area contributed by atoms with Gasteiger partial charge in [0.2, 0.25) is 0 Å². The van der Waals surface area contributed by atoms with Crippen molar-refractivity contribution in [3.8, 4) is 0 Å². The molecule has 126 valence electrons. The molecule has 0 saturated heterocycles. The lowest BCUT2D eigenvalue weighted by atomic mass is 10.1. The van der Waals surface area contributed by atoms with Gasteiger partial charge in [0.25, 0.3) is 5.56 Å². The number of methoxy groups -OCH3 is 1. The van der Waals surface area contributed by atoms with Crippen LogP contribution in [0.4, 0.5) is 5.69 Å². The van der Waals surface area contributed by atoms with Crippen LogP contribution in [0.25, 0.3) is 10.9 Å². The molecular formula is C18H22N4O2. The highest BCUT2D eigenvalue weighted by Crippen LogP contribution is 2.20. The number of hydrogen-bond donors (Lipinski definition) is 2. The van der Waals surface area contributed by atoms with Gasteiger partial charge in [0.1, 0.15) is 0 Å². The Bertz CT molecular complexity index is 911. The number of aromatic amines is 1. The van der Waals surface area contributed by atoms with E-state index in [4.69, 9.17) is 4.74 Å². The van der Waals surface area contributed by atoms with Crippen molar-refractivity contribution < 1.29 is 4.74 Å². The van der Waals surface area contributed by atoms with E-state index in [9.17, 15) is 4.79 Å². The molecule has 0 aliphatic heterocycles. The molecule has 0 unspecified atom stereocenters. The summed E-state index contributed by atoms with van der Waals surface area (Å²) in [5.41, 5.74) is 4.42. The van der Waals surface area contributed by atoms with E-state index < -0.39 is 0 Å². The Hall–Kier alpha value is -2.60. The van der Waals surface area contributed by atoms with Crippen LogP contribution in [0.3, 0.4) is 0 Å². The molecule has 0 aliphatic carbocycles. The first-order chi connectivity index (χ1) is 11.6. The lowest BCUT2D eigenvalue weighted by Crippen LogP contribution is -2.16. The van der Waals surface area contributed by atoms with E-state index in [0.29, 0.717) is 25.3 Å². The largest absolute Gasteiger partial charge is 0.383 e. The van der Waals surface area contributed by atoms with Crippen LogP contribution in [0, 0.1) is 13.8 Å². The van der Waals surface area contributed by atoms with Crippen molar-refractivity contribution >= 4 is 16.6 Å². The summed E-state index contributed by atoms with van der Waals surface area (Å²) in [5.74, 6) is 0. The summed E-state index contributed by atoms with van der Waals surface area (Å²) in [6.07, 6.45) is 0. The predicted octanol–water partition coefficient (Wildman–Crippen LogP) is 2.60. The first-order valence-electron chi connectivity index (χ1n) is 7.98. The molecule has 2 N–H and O–H groups in total. The van der Waals surface area contributed by atoms with Gasteiger partial charge in [-0.25, -0.2) is 0 Å². The number of para-hydroxylation sites is 1. The van der Waals surface area contributed by atoms with Gasteiger partial charge in [-0.2, -0.15) is 5.10 Å². The number of nitrogens with zero attached hydrogens (tertiary/aromatic N) is 2. The highest BCUT2D eigenvalue weighted by atomic mass is 16.5. The summed E-state index contributed by atoms with van der Waals surface area (Å²) in [6.45, 7) is 5.76. The van der Waals surface area contributed by atoms with Crippen LogP contribution in [0.2, 0.25) is 0 Å². The van der Waals surface area contributed by atoms with Crippen LogP contribution < -0.4 is 10.9 Å². The summed E-state index contributed by atoms with van der Waals surface area (Å²) < 4.78 is 7.03. The van der Waals surface area contributed by atoms with Gasteiger partial charge in [-0.05, 0) is 31.4 Å². The number of hydrogen-bond acceptors (Lipinski definition) is 4. The molecule has 3 aromatic rings. The van der Waals surface area contributed by atoms with E-state index >= 15 is 0 Å². The number of nitrogens with one attached hydrogen (secondary N) is 2. The fourth-order valence-corrected chi connectivity index (χ4v) is 2.86. The maximum atomic E-state index is 12.2. The van der Waals surface area contributed by atoms with Gasteiger partial charge >= 0.3 is 0 Å². The topological polar surface area (TPSA) is 71.9 Å². The number of ether oxygens (including phenoxy) is 1. The summed E-state index contributed by atoms with van der Waals surface area (Å²) in [5, 5.41) is 8.90. The maximum Gasteiger partial charge on any atom is 0.253 e. The Labute approximate surface area is 140 Å². The van der Waals surface area contributed by atoms with Crippen molar-refractivity contribution in [3.05, 3.63) is 57.6 Å². The molecule has 0 aliphatic rings. The fourth-order valence-electron chi connectivity index (χ4n) is 2.86. The normalized spacial score (nSPS) is 11.1. The van der Waals surface area contributed by atoms with Gasteiger partial charge in [0, 0.05) is 24.7 Å². The Kier molecular flexibility index (Phi) is 4.66. The van der Waals surface area contributed by atoms with Crippen LogP contribution in [-0.4, -0.2) is 28.5 Å². The zero-order valence-corrected chi connectivity index (χ0v) is 14.2. The number of fused-ring (bicyclic) bond motifs is 1. The quantitative estimate of drug-likeness (QED) is 0.730. The van der Waals surface area contributed by atoms with Crippen LogP contribution in [0.5, 0.6) is 0 Å². The van der Waals surface area contributed by atoms with E-state index in [0.717, 1.165) is 28.0 Å². The lowest BCUT2D eigenvalue weighted by molar-refractivity contribution is 0.182. The van der Waals surface area contributed by atoms with E-state index in [1.165, 1.54) is 0 Å². The average molecular weight is 326 g/mol. The number of benzene rings is 1. The zero-order chi connectivity index (χ0) is 17.1. The van der Waals surface area contributed by atoms with Gasteiger partial charge in [-0.1, -0.05) is 18.2 Å². The number of rotatable bonds is 6. The second kappa shape index (κ2) is 6.88. The van der Waals surface area contributed by atoms with Crippen molar-refractivity contribution in [1.29, 1.82) is 0 Å². The molecule has 3 rings (SSSR count). The zero-order valence-electron chi connectivity index (χ0n) is 14.2. The van der Waals surface area contributed by atoms with Crippen molar-refractivity contribution in [3.63, 3.8) is 0 Å². The highest BCUT2D eigenvalue weighted by Gasteiger charge is 2.12. The second-order valence-corrected chi connectivity index (χ2v) is 5.83. The average Bonchev–Trinajstić information content (AvgIpc) is 2.85. The molecule has 0 spiro atoms. The van der Waals surface area contributed by atoms with Gasteiger partial charge in [0.15, 0.2) is 0 Å². The Balaban J connectivity index is 1.82. The lowest BCUT2D eigenvalue weighted by Gasteiger charge is -2.08. The second-order valence-electron chi connectivity index (χ2n) is 5.83. The van der Waals surface area contributed by atoms with Gasteiger partial charge < -0.3 is 15.0 Å². The maximum absolute atomic E-state index is 12.2. The molecule has 0 saturated carbocycles. The van der Waals surface area contributed by atoms with Crippen molar-refractivity contribution in [2.75, 3.05) is 19.0 Å². The molecule has 0 radical (unpaired) electrons. The molecule has 2 heterocycles. The van der Waals surface area contributed by atoms with Gasteiger partial charge in [-0.3, -0.25) is 9.48 Å². The summed E-state index contributed by atoms with van der Waals surface area (Å²) in [4.78, 5) is 15.2. The predicted molar refractivity (Wildman–Crippen MR) is 95.5 cm³/mol. The number of pyridine rings is 1. The molecule has 0 bridgehead atoms. The molecule has 0 atom stereocenters. The van der Waals surface area contributed by atoms with Crippen molar-refractivity contribution in [1.82, 2.24) is 14.8 Å². The smallest absolute Gasteiger partial charge is 0.253 e.